The number of carbonyl (C=O) groups excluding carboxylic acids is 1. The van der Waals surface area contributed by atoms with Gasteiger partial charge in [0, 0.05) is 19.6 Å². The SMILES string of the molecule is N#CCN1C(=O)[C@H]2CCCN2c2ccc(S(=O)(=O)N3CCOCC3)cc21. The van der Waals surface area contributed by atoms with Crippen LogP contribution in [-0.2, 0) is 19.6 Å². The lowest BCUT2D eigenvalue weighted by Gasteiger charge is -2.39. The molecule has 0 unspecified atom stereocenters. The van der Waals surface area contributed by atoms with E-state index in [1.165, 1.54) is 15.3 Å². The number of nitriles is 1. The topological polar surface area (TPSA) is 93.9 Å². The van der Waals surface area contributed by atoms with E-state index in [4.69, 9.17) is 10.00 Å². The number of anilines is 2. The van der Waals surface area contributed by atoms with E-state index in [9.17, 15) is 13.2 Å². The molecule has 1 aromatic rings. The summed E-state index contributed by atoms with van der Waals surface area (Å²) in [5.74, 6) is -0.127. The normalized spacial score (nSPS) is 23.5. The quantitative estimate of drug-likeness (QED) is 0.715. The fourth-order valence-electron chi connectivity index (χ4n) is 3.90. The molecule has 2 fully saturated rings. The van der Waals surface area contributed by atoms with Crippen LogP contribution in [0.5, 0.6) is 0 Å². The highest BCUT2D eigenvalue weighted by atomic mass is 32.2. The van der Waals surface area contributed by atoms with E-state index in [0.717, 1.165) is 25.1 Å². The number of carbonyl (C=O) groups is 1. The maximum atomic E-state index is 12.9. The lowest BCUT2D eigenvalue weighted by Crippen LogP contribution is -2.50. The van der Waals surface area contributed by atoms with Crippen molar-refractivity contribution in [3.05, 3.63) is 18.2 Å². The maximum absolute atomic E-state index is 12.9. The smallest absolute Gasteiger partial charge is 0.250 e. The molecule has 1 aromatic carbocycles. The highest BCUT2D eigenvalue weighted by Gasteiger charge is 2.41. The van der Waals surface area contributed by atoms with Gasteiger partial charge in [0.25, 0.3) is 5.91 Å². The molecule has 0 N–H and O–H groups in total. The first-order chi connectivity index (χ1) is 12.5. The van der Waals surface area contributed by atoms with Crippen LogP contribution in [0, 0.1) is 11.3 Å². The van der Waals surface area contributed by atoms with Crippen LogP contribution in [0.4, 0.5) is 11.4 Å². The second-order valence-corrected chi connectivity index (χ2v) is 8.54. The molecular formula is C17H20N4O4S. The van der Waals surface area contributed by atoms with Gasteiger partial charge in [-0.05, 0) is 31.0 Å². The van der Waals surface area contributed by atoms with E-state index in [1.807, 2.05) is 11.0 Å². The third kappa shape index (κ3) is 2.65. The van der Waals surface area contributed by atoms with E-state index >= 15 is 0 Å². The van der Waals surface area contributed by atoms with Crippen LogP contribution in [0.25, 0.3) is 0 Å². The average Bonchev–Trinajstić information content (AvgIpc) is 3.15. The van der Waals surface area contributed by atoms with Crippen LogP contribution < -0.4 is 9.80 Å². The molecule has 9 heteroatoms. The van der Waals surface area contributed by atoms with E-state index < -0.39 is 10.0 Å². The number of fused-ring (bicyclic) bond motifs is 3. The minimum absolute atomic E-state index is 0.0861. The van der Waals surface area contributed by atoms with Gasteiger partial charge in [-0.15, -0.1) is 0 Å². The van der Waals surface area contributed by atoms with Crippen molar-refractivity contribution in [1.29, 1.82) is 5.26 Å². The third-order valence-electron chi connectivity index (χ3n) is 5.19. The number of nitrogens with zero attached hydrogens (tertiary/aromatic N) is 4. The number of benzene rings is 1. The molecule has 3 heterocycles. The number of hydrogen-bond donors (Lipinski definition) is 0. The van der Waals surface area contributed by atoms with Crippen molar-refractivity contribution in [3.63, 3.8) is 0 Å². The molecule has 0 bridgehead atoms. The van der Waals surface area contributed by atoms with Gasteiger partial charge < -0.3 is 9.64 Å². The van der Waals surface area contributed by atoms with E-state index in [-0.39, 0.29) is 23.4 Å². The van der Waals surface area contributed by atoms with Crippen molar-refractivity contribution in [3.8, 4) is 6.07 Å². The molecule has 0 spiro atoms. The fraction of sp³-hybridized carbons (Fsp3) is 0.529. The van der Waals surface area contributed by atoms with Crippen LogP contribution in [0.15, 0.2) is 23.1 Å². The lowest BCUT2D eigenvalue weighted by atomic mass is 10.1. The van der Waals surface area contributed by atoms with Gasteiger partial charge in [-0.25, -0.2) is 8.42 Å². The van der Waals surface area contributed by atoms with Gasteiger partial charge in [0.15, 0.2) is 0 Å². The second-order valence-electron chi connectivity index (χ2n) is 6.60. The first-order valence-corrected chi connectivity index (χ1v) is 10.1. The largest absolute Gasteiger partial charge is 0.379 e. The van der Waals surface area contributed by atoms with Gasteiger partial charge in [0.05, 0.1) is 35.6 Å². The summed E-state index contributed by atoms with van der Waals surface area (Å²) in [7, 11) is -3.66. The fourth-order valence-corrected chi connectivity index (χ4v) is 5.33. The summed E-state index contributed by atoms with van der Waals surface area (Å²) in [4.78, 5) is 16.4. The Morgan fingerprint density at radius 3 is 2.69 bits per heavy atom. The Kier molecular flexibility index (Phi) is 4.34. The Bertz CT molecular complexity index is 873. The van der Waals surface area contributed by atoms with Gasteiger partial charge >= 0.3 is 0 Å². The Hall–Kier alpha value is -2.15. The first kappa shape index (κ1) is 17.3. The molecule has 1 atom stereocenters. The molecule has 0 aliphatic carbocycles. The zero-order chi connectivity index (χ0) is 18.3. The third-order valence-corrected chi connectivity index (χ3v) is 7.08. The maximum Gasteiger partial charge on any atom is 0.250 e. The van der Waals surface area contributed by atoms with Crippen LogP contribution in [-0.4, -0.2) is 64.1 Å². The van der Waals surface area contributed by atoms with Crippen molar-refractivity contribution in [2.24, 2.45) is 0 Å². The molecule has 138 valence electrons. The minimum atomic E-state index is -3.66. The molecule has 0 aromatic heterocycles. The molecule has 1 amide bonds. The Labute approximate surface area is 152 Å². The number of ether oxygens (including phenoxy) is 1. The summed E-state index contributed by atoms with van der Waals surface area (Å²) < 4.78 is 32.5. The molecule has 8 nitrogen and oxygen atoms in total. The summed E-state index contributed by atoms with van der Waals surface area (Å²) in [5, 5.41) is 9.14. The minimum Gasteiger partial charge on any atom is -0.379 e. The molecule has 2 saturated heterocycles. The van der Waals surface area contributed by atoms with Crippen molar-refractivity contribution in [2.75, 3.05) is 49.2 Å². The monoisotopic (exact) mass is 376 g/mol. The number of amides is 1. The Morgan fingerprint density at radius 1 is 1.19 bits per heavy atom. The van der Waals surface area contributed by atoms with Crippen molar-refractivity contribution >= 4 is 27.3 Å². The lowest BCUT2D eigenvalue weighted by molar-refractivity contribution is -0.119. The van der Waals surface area contributed by atoms with Crippen molar-refractivity contribution in [2.45, 2.75) is 23.8 Å². The molecule has 3 aliphatic heterocycles. The summed E-state index contributed by atoms with van der Waals surface area (Å²) in [5.41, 5.74) is 1.33. The second kappa shape index (κ2) is 6.54. The summed E-state index contributed by atoms with van der Waals surface area (Å²) in [6.45, 7) is 2.05. The van der Waals surface area contributed by atoms with Crippen LogP contribution in [0.2, 0.25) is 0 Å². The summed E-state index contributed by atoms with van der Waals surface area (Å²) in [6, 6.07) is 6.66. The van der Waals surface area contributed by atoms with Crippen LogP contribution >= 0.6 is 0 Å². The molecular weight excluding hydrogens is 356 g/mol. The summed E-state index contributed by atoms with van der Waals surface area (Å²) in [6.07, 6.45) is 1.66. The molecule has 4 rings (SSSR count). The van der Waals surface area contributed by atoms with Gasteiger partial charge in [-0.1, -0.05) is 0 Å². The Balaban J connectivity index is 1.77. The number of hydrogen-bond acceptors (Lipinski definition) is 6. The zero-order valence-electron chi connectivity index (χ0n) is 14.3. The predicted octanol–water partition coefficient (Wildman–Crippen LogP) is 0.546. The average molecular weight is 376 g/mol. The number of sulfonamides is 1. The van der Waals surface area contributed by atoms with Crippen molar-refractivity contribution in [1.82, 2.24) is 4.31 Å². The van der Waals surface area contributed by atoms with Gasteiger partial charge in [0.2, 0.25) is 10.0 Å². The molecule has 26 heavy (non-hydrogen) atoms. The van der Waals surface area contributed by atoms with E-state index in [0.29, 0.717) is 32.0 Å². The van der Waals surface area contributed by atoms with Gasteiger partial charge in [0.1, 0.15) is 12.6 Å². The van der Waals surface area contributed by atoms with Crippen molar-refractivity contribution < 1.29 is 17.9 Å². The summed E-state index contributed by atoms with van der Waals surface area (Å²) >= 11 is 0. The Morgan fingerprint density at radius 2 is 1.96 bits per heavy atom. The van der Waals surface area contributed by atoms with E-state index in [1.54, 1.807) is 12.1 Å². The molecule has 3 aliphatic rings. The number of morpholine rings is 1. The van der Waals surface area contributed by atoms with E-state index in [2.05, 4.69) is 0 Å². The molecule has 0 radical (unpaired) electrons. The first-order valence-electron chi connectivity index (χ1n) is 8.71. The highest BCUT2D eigenvalue weighted by molar-refractivity contribution is 7.89. The standard InChI is InChI=1S/C17H20N4O4S/c18-5-7-21-16-12-13(26(23,24)19-8-10-25-11-9-19)3-4-14(16)20-6-1-2-15(20)17(21)22/h3-4,12,15H,1-2,6-11H2/t15-/m1/s1. The zero-order valence-corrected chi connectivity index (χ0v) is 15.1. The van der Waals surface area contributed by atoms with Crippen LogP contribution in [0.1, 0.15) is 12.8 Å². The predicted molar refractivity (Wildman–Crippen MR) is 94.4 cm³/mol. The van der Waals surface area contributed by atoms with Gasteiger partial charge in [-0.3, -0.25) is 9.69 Å². The molecule has 0 saturated carbocycles. The number of rotatable bonds is 3. The highest BCUT2D eigenvalue weighted by Crippen LogP contribution is 2.41. The van der Waals surface area contributed by atoms with Gasteiger partial charge in [-0.2, -0.15) is 9.57 Å². The van der Waals surface area contributed by atoms with Crippen LogP contribution in [0.3, 0.4) is 0 Å².